The number of hydrogen-bond donors (Lipinski definition) is 1. The van der Waals surface area contributed by atoms with E-state index < -0.39 is 5.97 Å². The van der Waals surface area contributed by atoms with Gasteiger partial charge in [-0.15, -0.1) is 0 Å². The number of carbonyl (C=O) groups is 1. The normalized spacial score (nSPS) is 11.7. The molecule has 27 heavy (non-hydrogen) atoms. The van der Waals surface area contributed by atoms with Gasteiger partial charge in [-0.3, -0.25) is 0 Å². The molecule has 0 aliphatic rings. The number of fused-ring (bicyclic) bond motifs is 1. The fraction of sp³-hybridized carbons (Fsp3) is 0. The van der Waals surface area contributed by atoms with E-state index in [1.165, 1.54) is 12.1 Å². The van der Waals surface area contributed by atoms with Crippen LogP contribution in [0.3, 0.4) is 0 Å². The highest BCUT2D eigenvalue weighted by Gasteiger charge is 2.07. The molecule has 1 heterocycles. The second-order valence-electron chi connectivity index (χ2n) is 5.97. The number of carboxylic acid groups (broad SMARTS) is 1. The number of nitrogens with zero attached hydrogens (tertiary/aromatic N) is 1. The van der Waals surface area contributed by atoms with E-state index in [1.807, 2.05) is 42.5 Å². The van der Waals surface area contributed by atoms with Crippen LogP contribution in [0.2, 0.25) is 5.02 Å². The molecule has 0 saturated carbocycles. The molecule has 0 bridgehead atoms. The Hall–Kier alpha value is -3.37. The van der Waals surface area contributed by atoms with E-state index in [4.69, 9.17) is 21.1 Å². The van der Waals surface area contributed by atoms with Gasteiger partial charge in [-0.1, -0.05) is 41.9 Å². The molecule has 0 aliphatic heterocycles. The van der Waals surface area contributed by atoms with E-state index in [0.29, 0.717) is 27.4 Å². The van der Waals surface area contributed by atoms with Crippen LogP contribution in [0.25, 0.3) is 22.3 Å². The van der Waals surface area contributed by atoms with E-state index in [-0.39, 0.29) is 5.56 Å². The fourth-order valence-corrected chi connectivity index (χ4v) is 2.97. The Balaban J connectivity index is 1.94. The predicted molar refractivity (Wildman–Crippen MR) is 105 cm³/mol. The molecule has 0 unspecified atom stereocenters. The van der Waals surface area contributed by atoms with Crippen LogP contribution in [0, 0.1) is 0 Å². The Bertz CT molecular complexity index is 1200. The monoisotopic (exact) mass is 375 g/mol. The molecule has 0 atom stereocenters. The van der Waals surface area contributed by atoms with Crippen molar-refractivity contribution in [3.05, 3.63) is 94.8 Å². The molecular weight excluding hydrogens is 362 g/mol. The summed E-state index contributed by atoms with van der Waals surface area (Å²) in [5.74, 6) is -0.282. The van der Waals surface area contributed by atoms with Gasteiger partial charge in [0.2, 0.25) is 0 Å². The number of hydrogen-bond acceptors (Lipinski definition) is 3. The van der Waals surface area contributed by atoms with Gasteiger partial charge in [-0.25, -0.2) is 9.79 Å². The number of halogens is 1. The van der Waals surface area contributed by atoms with Crippen molar-refractivity contribution in [3.63, 3.8) is 0 Å². The number of rotatable bonds is 3. The Kier molecular flexibility index (Phi) is 4.48. The molecular formula is C22H14ClNO3. The lowest BCUT2D eigenvalue weighted by Crippen LogP contribution is -2.03. The Morgan fingerprint density at radius 1 is 0.926 bits per heavy atom. The van der Waals surface area contributed by atoms with Crippen molar-refractivity contribution in [2.24, 2.45) is 4.99 Å². The molecule has 5 heteroatoms. The van der Waals surface area contributed by atoms with Gasteiger partial charge in [-0.2, -0.15) is 0 Å². The van der Waals surface area contributed by atoms with Gasteiger partial charge in [0.25, 0.3) is 0 Å². The lowest BCUT2D eigenvalue weighted by Gasteiger charge is -2.05. The van der Waals surface area contributed by atoms with Crippen LogP contribution in [0.4, 0.5) is 5.69 Å². The summed E-state index contributed by atoms with van der Waals surface area (Å²) in [6.45, 7) is 0. The standard InChI is InChI=1S/C22H14ClNO3/c23-16-8-11-20-18(12-16)19(13-21(27-20)14-4-2-1-3-5-14)24-17-9-6-15(7-10-17)22(25)26/h1-13H,(H,25,26). The molecule has 132 valence electrons. The largest absolute Gasteiger partial charge is 0.478 e. The summed E-state index contributed by atoms with van der Waals surface area (Å²) in [4.78, 5) is 15.7. The number of carboxylic acids is 1. The Labute approximate surface area is 160 Å². The molecule has 1 N–H and O–H groups in total. The second-order valence-corrected chi connectivity index (χ2v) is 6.40. The summed E-state index contributed by atoms with van der Waals surface area (Å²) in [6.07, 6.45) is 0. The van der Waals surface area contributed by atoms with Gasteiger partial charge < -0.3 is 9.52 Å². The Morgan fingerprint density at radius 2 is 1.67 bits per heavy atom. The van der Waals surface area contributed by atoms with Gasteiger partial charge in [0.15, 0.2) is 0 Å². The van der Waals surface area contributed by atoms with Gasteiger partial charge >= 0.3 is 5.97 Å². The SMILES string of the molecule is O=C(O)c1ccc(N=c2cc(-c3ccccc3)oc3ccc(Cl)cc23)cc1. The van der Waals surface area contributed by atoms with Crippen molar-refractivity contribution in [2.45, 2.75) is 0 Å². The predicted octanol–water partition coefficient (Wildman–Crippen LogP) is 5.68. The average molecular weight is 376 g/mol. The molecule has 0 spiro atoms. The van der Waals surface area contributed by atoms with Crippen LogP contribution < -0.4 is 5.36 Å². The Morgan fingerprint density at radius 3 is 2.37 bits per heavy atom. The smallest absolute Gasteiger partial charge is 0.335 e. The maximum atomic E-state index is 11.0. The first-order valence-electron chi connectivity index (χ1n) is 8.27. The lowest BCUT2D eigenvalue weighted by molar-refractivity contribution is 0.0697. The summed E-state index contributed by atoms with van der Waals surface area (Å²) >= 11 is 6.16. The molecule has 0 saturated heterocycles. The van der Waals surface area contributed by atoms with Crippen molar-refractivity contribution in [3.8, 4) is 11.3 Å². The first-order valence-corrected chi connectivity index (χ1v) is 8.65. The molecule has 4 rings (SSSR count). The van der Waals surface area contributed by atoms with Crippen molar-refractivity contribution in [1.82, 2.24) is 0 Å². The van der Waals surface area contributed by atoms with Crippen molar-refractivity contribution in [2.75, 3.05) is 0 Å². The maximum absolute atomic E-state index is 11.0. The molecule has 1 aromatic heterocycles. The van der Waals surface area contributed by atoms with Crippen molar-refractivity contribution in [1.29, 1.82) is 0 Å². The minimum atomic E-state index is -0.969. The minimum Gasteiger partial charge on any atom is -0.478 e. The second kappa shape index (κ2) is 7.09. The van der Waals surface area contributed by atoms with Gasteiger partial charge in [0, 0.05) is 22.0 Å². The third-order valence-corrected chi connectivity index (χ3v) is 4.36. The average Bonchev–Trinajstić information content (AvgIpc) is 2.69. The van der Waals surface area contributed by atoms with Crippen LogP contribution in [0.5, 0.6) is 0 Å². The van der Waals surface area contributed by atoms with E-state index in [9.17, 15) is 4.79 Å². The quantitative estimate of drug-likeness (QED) is 0.500. The van der Waals surface area contributed by atoms with Gasteiger partial charge in [0.1, 0.15) is 11.3 Å². The van der Waals surface area contributed by atoms with Gasteiger partial charge in [-0.05, 0) is 42.5 Å². The summed E-state index contributed by atoms with van der Waals surface area (Å²) in [5.41, 5.74) is 2.47. The van der Waals surface area contributed by atoms with E-state index in [2.05, 4.69) is 4.99 Å². The number of aromatic carboxylic acids is 1. The summed E-state index contributed by atoms with van der Waals surface area (Å²) in [5, 5.41) is 11.1. The third-order valence-electron chi connectivity index (χ3n) is 4.13. The van der Waals surface area contributed by atoms with Crippen LogP contribution in [-0.4, -0.2) is 11.1 Å². The van der Waals surface area contributed by atoms with E-state index in [0.717, 1.165) is 10.9 Å². The minimum absolute atomic E-state index is 0.217. The van der Waals surface area contributed by atoms with Crippen LogP contribution in [0.15, 0.2) is 88.3 Å². The van der Waals surface area contributed by atoms with Crippen LogP contribution >= 0.6 is 11.6 Å². The zero-order valence-electron chi connectivity index (χ0n) is 14.1. The summed E-state index contributed by atoms with van der Waals surface area (Å²) < 4.78 is 6.04. The first kappa shape index (κ1) is 17.1. The third kappa shape index (κ3) is 3.61. The molecule has 0 amide bonds. The highest BCUT2D eigenvalue weighted by atomic mass is 35.5. The van der Waals surface area contributed by atoms with E-state index in [1.54, 1.807) is 24.3 Å². The van der Waals surface area contributed by atoms with Crippen LogP contribution in [0.1, 0.15) is 10.4 Å². The maximum Gasteiger partial charge on any atom is 0.335 e. The molecule has 4 aromatic rings. The highest BCUT2D eigenvalue weighted by Crippen LogP contribution is 2.24. The molecule has 3 aromatic carbocycles. The van der Waals surface area contributed by atoms with E-state index >= 15 is 0 Å². The molecule has 0 radical (unpaired) electrons. The molecule has 4 nitrogen and oxygen atoms in total. The highest BCUT2D eigenvalue weighted by molar-refractivity contribution is 6.31. The molecule has 0 fully saturated rings. The van der Waals surface area contributed by atoms with Crippen LogP contribution in [-0.2, 0) is 0 Å². The number of benzene rings is 3. The zero-order valence-corrected chi connectivity index (χ0v) is 14.9. The zero-order chi connectivity index (χ0) is 18.8. The summed E-state index contributed by atoms with van der Waals surface area (Å²) in [7, 11) is 0. The fourth-order valence-electron chi connectivity index (χ4n) is 2.80. The van der Waals surface area contributed by atoms with Gasteiger partial charge in [0.05, 0.1) is 16.6 Å². The molecule has 0 aliphatic carbocycles. The van der Waals surface area contributed by atoms with Crippen molar-refractivity contribution >= 4 is 34.2 Å². The lowest BCUT2D eigenvalue weighted by atomic mass is 10.1. The van der Waals surface area contributed by atoms with Crippen molar-refractivity contribution < 1.29 is 14.3 Å². The topological polar surface area (TPSA) is 62.8 Å². The first-order chi connectivity index (χ1) is 13.1. The summed E-state index contributed by atoms with van der Waals surface area (Å²) in [6, 6.07) is 23.4.